The van der Waals surface area contributed by atoms with Crippen molar-refractivity contribution in [3.63, 3.8) is 0 Å². The topological polar surface area (TPSA) is 165 Å². The Labute approximate surface area is 251 Å². The predicted octanol–water partition coefficient (Wildman–Crippen LogP) is 2.43. The van der Waals surface area contributed by atoms with Gasteiger partial charge in [0, 0.05) is 32.9 Å². The molecule has 0 radical (unpaired) electrons. The summed E-state index contributed by atoms with van der Waals surface area (Å²) in [4.78, 5) is 33.6. The molecule has 232 valence electrons. The van der Waals surface area contributed by atoms with Crippen LogP contribution < -0.4 is 20.5 Å². The van der Waals surface area contributed by atoms with Crippen LogP contribution in [0.25, 0.3) is 0 Å². The molecule has 13 nitrogen and oxygen atoms in total. The number of fused-ring (bicyclic) bond motifs is 13. The molecule has 0 aliphatic carbocycles. The van der Waals surface area contributed by atoms with E-state index in [2.05, 4.69) is 15.0 Å². The summed E-state index contributed by atoms with van der Waals surface area (Å²) >= 11 is 0. The standard InChI is InChI=1S/C29H38N6O7S/c1-29(2,3)42-28(37)35-14-13-32-43(38,39)21-11-9-20(10-12-21)23-19-31-26(30)25(34(23)4)27(36)33-22-7-5-6-8-24(22)41-18-17-40-16-15-35/h5-12,19,23,32H,13-18,30H2,1-4H3,(H,33,36). The second-order valence-electron chi connectivity index (χ2n) is 10.9. The summed E-state index contributed by atoms with van der Waals surface area (Å²) in [5.41, 5.74) is 6.68. The number of rotatable bonds is 0. The van der Waals surface area contributed by atoms with Crippen molar-refractivity contribution in [2.75, 3.05) is 51.8 Å². The van der Waals surface area contributed by atoms with Crippen LogP contribution >= 0.6 is 0 Å². The number of sulfonamides is 1. The Kier molecular flexibility index (Phi) is 9.94. The average molecular weight is 615 g/mol. The second kappa shape index (κ2) is 13.4. The van der Waals surface area contributed by atoms with Crippen molar-refractivity contribution in [2.24, 2.45) is 10.7 Å². The number of hydrogen-bond donors (Lipinski definition) is 3. The van der Waals surface area contributed by atoms with E-state index in [0.717, 1.165) is 0 Å². The van der Waals surface area contributed by atoms with Gasteiger partial charge in [-0.2, -0.15) is 0 Å². The zero-order valence-corrected chi connectivity index (χ0v) is 25.5. The van der Waals surface area contributed by atoms with E-state index in [1.165, 1.54) is 17.0 Å². The molecule has 5 rings (SSSR count). The molecule has 4 bridgehead atoms. The van der Waals surface area contributed by atoms with Crippen molar-refractivity contribution < 1.29 is 32.2 Å². The van der Waals surface area contributed by atoms with E-state index in [4.69, 9.17) is 19.9 Å². The van der Waals surface area contributed by atoms with Crippen molar-refractivity contribution >= 4 is 33.9 Å². The number of nitrogens with one attached hydrogen (secondary N) is 2. The van der Waals surface area contributed by atoms with E-state index in [9.17, 15) is 18.0 Å². The van der Waals surface area contributed by atoms with Crippen molar-refractivity contribution in [3.05, 3.63) is 65.6 Å². The number of hydrogen-bond acceptors (Lipinski definition) is 10. The molecule has 3 aliphatic heterocycles. The Morgan fingerprint density at radius 1 is 1.07 bits per heavy atom. The van der Waals surface area contributed by atoms with Crippen LogP contribution in [-0.4, -0.2) is 88.5 Å². The van der Waals surface area contributed by atoms with Gasteiger partial charge in [-0.1, -0.05) is 24.3 Å². The zero-order chi connectivity index (χ0) is 31.2. The lowest BCUT2D eigenvalue weighted by molar-refractivity contribution is -0.114. The summed E-state index contributed by atoms with van der Waals surface area (Å²) in [5.74, 6) is 0.000726. The molecule has 1 atom stereocenters. The number of carbonyl (C=O) groups excluding carboxylic acids is 2. The largest absolute Gasteiger partial charge is 0.489 e. The summed E-state index contributed by atoms with van der Waals surface area (Å²) in [7, 11) is -2.18. The molecule has 2 amide bonds. The lowest BCUT2D eigenvalue weighted by Crippen LogP contribution is -2.43. The first-order chi connectivity index (χ1) is 20.4. The van der Waals surface area contributed by atoms with Crippen LogP contribution in [-0.2, 0) is 24.3 Å². The molecular formula is C29H38N6O7S. The molecule has 0 spiro atoms. The maximum atomic E-state index is 13.4. The minimum Gasteiger partial charge on any atom is -0.489 e. The third-order valence-corrected chi connectivity index (χ3v) is 8.04. The van der Waals surface area contributed by atoms with Gasteiger partial charge in [0.05, 0.1) is 29.8 Å². The number of likely N-dealkylation sites (N-methyl/N-ethyl adjacent to an activating group) is 1. The number of para-hydroxylation sites is 2. The van der Waals surface area contributed by atoms with Crippen molar-refractivity contribution in [1.29, 1.82) is 0 Å². The van der Waals surface area contributed by atoms with Crippen LogP contribution in [0.1, 0.15) is 32.4 Å². The van der Waals surface area contributed by atoms with Gasteiger partial charge in [-0.15, -0.1) is 0 Å². The first kappa shape index (κ1) is 31.8. The molecule has 43 heavy (non-hydrogen) atoms. The third kappa shape index (κ3) is 8.24. The monoisotopic (exact) mass is 614 g/mol. The minimum absolute atomic E-state index is 0.0379. The van der Waals surface area contributed by atoms with E-state index in [1.54, 1.807) is 75.3 Å². The third-order valence-electron chi connectivity index (χ3n) is 6.57. The number of anilines is 1. The van der Waals surface area contributed by atoms with Crippen LogP contribution in [0.4, 0.5) is 10.5 Å². The van der Waals surface area contributed by atoms with Crippen molar-refractivity contribution in [1.82, 2.24) is 14.5 Å². The van der Waals surface area contributed by atoms with Crippen molar-refractivity contribution in [3.8, 4) is 5.75 Å². The van der Waals surface area contributed by atoms with Gasteiger partial charge in [0.2, 0.25) is 10.0 Å². The predicted molar refractivity (Wildman–Crippen MR) is 161 cm³/mol. The summed E-state index contributed by atoms with van der Waals surface area (Å²) in [5, 5.41) is 2.85. The highest BCUT2D eigenvalue weighted by molar-refractivity contribution is 7.89. The Hall–Kier alpha value is -4.14. The van der Waals surface area contributed by atoms with Gasteiger partial charge in [0.15, 0.2) is 5.82 Å². The smallest absolute Gasteiger partial charge is 0.410 e. The van der Waals surface area contributed by atoms with E-state index >= 15 is 0 Å². The molecule has 14 heteroatoms. The van der Waals surface area contributed by atoms with Crippen LogP contribution in [0.3, 0.4) is 0 Å². The number of nitrogens with two attached hydrogens (primary N) is 1. The van der Waals surface area contributed by atoms with Gasteiger partial charge < -0.3 is 35.1 Å². The summed E-state index contributed by atoms with van der Waals surface area (Å²) < 4.78 is 45.7. The first-order valence-electron chi connectivity index (χ1n) is 13.8. The van der Waals surface area contributed by atoms with Crippen LogP contribution in [0, 0.1) is 0 Å². The van der Waals surface area contributed by atoms with Crippen LogP contribution in [0.2, 0.25) is 0 Å². The molecule has 3 heterocycles. The number of aliphatic imine (C=N–C) groups is 1. The van der Waals surface area contributed by atoms with Gasteiger partial charge in [-0.25, -0.2) is 22.9 Å². The Morgan fingerprint density at radius 2 is 1.79 bits per heavy atom. The van der Waals surface area contributed by atoms with Gasteiger partial charge in [0.1, 0.15) is 23.7 Å². The Bertz CT molecular complexity index is 1490. The highest BCUT2D eigenvalue weighted by Gasteiger charge is 2.29. The van der Waals surface area contributed by atoms with Crippen LogP contribution in [0.15, 0.2) is 69.9 Å². The van der Waals surface area contributed by atoms with Crippen LogP contribution in [0.5, 0.6) is 5.75 Å². The van der Waals surface area contributed by atoms with Gasteiger partial charge in [-0.05, 0) is 50.6 Å². The molecule has 2 aromatic rings. The number of amides is 2. The molecule has 0 saturated carbocycles. The van der Waals surface area contributed by atoms with E-state index < -0.39 is 33.7 Å². The lowest BCUT2D eigenvalue weighted by Gasteiger charge is -2.32. The average Bonchev–Trinajstić information content (AvgIpc) is 2.93. The molecule has 0 saturated heterocycles. The summed E-state index contributed by atoms with van der Waals surface area (Å²) in [6.45, 7) is 6.00. The normalized spacial score (nSPS) is 20.3. The molecule has 0 aromatic heterocycles. The second-order valence-corrected chi connectivity index (χ2v) is 12.7. The summed E-state index contributed by atoms with van der Waals surface area (Å²) in [6, 6.07) is 12.7. The maximum Gasteiger partial charge on any atom is 0.410 e. The van der Waals surface area contributed by atoms with Gasteiger partial charge in [0.25, 0.3) is 5.91 Å². The van der Waals surface area contributed by atoms with E-state index in [-0.39, 0.29) is 55.9 Å². The maximum absolute atomic E-state index is 13.4. The minimum atomic E-state index is -3.89. The number of nitrogens with zero attached hydrogens (tertiary/aromatic N) is 3. The number of ether oxygens (including phenoxy) is 3. The SMILES string of the molecule is CN1C2=C(N)N=CC1c1ccc(cc1)S(=O)(=O)NCCN(C(=O)OC(C)(C)C)CCOCCOc1ccccc1NC2=O. The molecule has 0 fully saturated rings. The fourth-order valence-corrected chi connectivity index (χ4v) is 5.47. The van der Waals surface area contributed by atoms with Gasteiger partial charge in [-0.3, -0.25) is 4.79 Å². The van der Waals surface area contributed by atoms with E-state index in [1.807, 2.05) is 0 Å². The molecule has 4 N–H and O–H groups in total. The molecule has 3 aliphatic rings. The first-order valence-corrected chi connectivity index (χ1v) is 15.3. The zero-order valence-electron chi connectivity index (χ0n) is 24.7. The Balaban J connectivity index is 1.61. The molecular weight excluding hydrogens is 576 g/mol. The van der Waals surface area contributed by atoms with Crippen molar-refractivity contribution in [2.45, 2.75) is 37.3 Å². The van der Waals surface area contributed by atoms with E-state index in [0.29, 0.717) is 17.0 Å². The molecule has 2 aromatic carbocycles. The quantitative estimate of drug-likeness (QED) is 0.378. The fraction of sp³-hybridized carbons (Fsp3) is 0.414. The molecule has 1 unspecified atom stereocenters. The summed E-state index contributed by atoms with van der Waals surface area (Å²) in [6.07, 6.45) is 1.01. The highest BCUT2D eigenvalue weighted by atomic mass is 32.2. The number of carbonyl (C=O) groups is 2. The highest BCUT2D eigenvalue weighted by Crippen LogP contribution is 2.30. The fourth-order valence-electron chi connectivity index (χ4n) is 4.45. The number of benzene rings is 2. The van der Waals surface area contributed by atoms with Gasteiger partial charge >= 0.3 is 6.09 Å². The Morgan fingerprint density at radius 3 is 2.51 bits per heavy atom. The lowest BCUT2D eigenvalue weighted by atomic mass is 10.0.